The van der Waals surface area contributed by atoms with E-state index in [0.717, 1.165) is 21.7 Å². The number of ether oxygens (including phenoxy) is 2. The van der Waals surface area contributed by atoms with Gasteiger partial charge in [-0.2, -0.15) is 0 Å². The third-order valence-electron chi connectivity index (χ3n) is 5.37. The van der Waals surface area contributed by atoms with E-state index in [-0.39, 0.29) is 29.9 Å². The number of rotatable bonds is 11. The number of aryl methyl sites for hydroxylation is 1. The molecule has 0 radical (unpaired) electrons. The molecular formula is C25H35N3O6S. The summed E-state index contributed by atoms with van der Waals surface area (Å²) in [6.07, 6.45) is 1.02. The van der Waals surface area contributed by atoms with Crippen LogP contribution in [-0.4, -0.2) is 64.2 Å². The van der Waals surface area contributed by atoms with Gasteiger partial charge in [0.25, 0.3) is 0 Å². The van der Waals surface area contributed by atoms with E-state index in [0.29, 0.717) is 5.75 Å². The van der Waals surface area contributed by atoms with Crippen molar-refractivity contribution in [2.45, 2.75) is 46.3 Å². The van der Waals surface area contributed by atoms with E-state index in [1.807, 2.05) is 45.0 Å². The number of sulfonamides is 1. The third kappa shape index (κ3) is 7.61. The van der Waals surface area contributed by atoms with Gasteiger partial charge in [0.1, 0.15) is 24.1 Å². The fourth-order valence-electron chi connectivity index (χ4n) is 3.58. The third-order valence-corrected chi connectivity index (χ3v) is 6.49. The van der Waals surface area contributed by atoms with Crippen LogP contribution in [-0.2, 0) is 26.2 Å². The number of methoxy groups -OCH3 is 2. The van der Waals surface area contributed by atoms with E-state index in [1.165, 1.54) is 25.2 Å². The summed E-state index contributed by atoms with van der Waals surface area (Å²) in [7, 11) is -0.988. The maximum absolute atomic E-state index is 13.6. The quantitative estimate of drug-likeness (QED) is 0.504. The van der Waals surface area contributed by atoms with Gasteiger partial charge in [-0.15, -0.1) is 0 Å². The number of hydrogen-bond acceptors (Lipinski definition) is 6. The highest BCUT2D eigenvalue weighted by molar-refractivity contribution is 7.92. The van der Waals surface area contributed by atoms with Gasteiger partial charge in [-0.1, -0.05) is 29.8 Å². The largest absolute Gasteiger partial charge is 0.497 e. The van der Waals surface area contributed by atoms with Crippen molar-refractivity contribution in [1.29, 1.82) is 0 Å². The zero-order valence-corrected chi connectivity index (χ0v) is 22.2. The maximum atomic E-state index is 13.6. The average Bonchev–Trinajstić information content (AvgIpc) is 2.78. The Hall–Kier alpha value is -3.27. The molecule has 1 unspecified atom stereocenters. The lowest BCUT2D eigenvalue weighted by Crippen LogP contribution is -2.52. The Labute approximate surface area is 208 Å². The summed E-state index contributed by atoms with van der Waals surface area (Å²) in [5.74, 6) is -0.140. The highest BCUT2D eigenvalue weighted by Crippen LogP contribution is 2.33. The Balaban J connectivity index is 2.46. The second-order valence-electron chi connectivity index (χ2n) is 8.66. The number of nitrogens with zero attached hydrogens (tertiary/aromatic N) is 2. The van der Waals surface area contributed by atoms with Crippen LogP contribution in [0.25, 0.3) is 0 Å². The molecule has 9 nitrogen and oxygen atoms in total. The fourth-order valence-corrected chi connectivity index (χ4v) is 4.43. The number of anilines is 1. The molecule has 192 valence electrons. The Kier molecular flexibility index (Phi) is 9.53. The molecule has 1 N–H and O–H groups in total. The van der Waals surface area contributed by atoms with Crippen LogP contribution < -0.4 is 19.1 Å². The Morgan fingerprint density at radius 3 is 2.26 bits per heavy atom. The van der Waals surface area contributed by atoms with Crippen molar-refractivity contribution in [2.24, 2.45) is 0 Å². The van der Waals surface area contributed by atoms with Gasteiger partial charge < -0.3 is 19.7 Å². The lowest BCUT2D eigenvalue weighted by atomic mass is 10.1. The standard InChI is InChI=1S/C25H35N3O6S/c1-17(2)26-25(30)19(4)27(15-20-10-8-9-18(3)13-20)24(29)16-28(35(7,31)32)22-12-11-21(33-5)14-23(22)34-6/h8-14,17,19H,15-16H2,1-7H3,(H,26,30). The van der Waals surface area contributed by atoms with Crippen molar-refractivity contribution in [3.63, 3.8) is 0 Å². The van der Waals surface area contributed by atoms with Gasteiger partial charge in [-0.3, -0.25) is 13.9 Å². The molecule has 35 heavy (non-hydrogen) atoms. The second kappa shape index (κ2) is 11.9. The van der Waals surface area contributed by atoms with E-state index >= 15 is 0 Å². The summed E-state index contributed by atoms with van der Waals surface area (Å²) in [5.41, 5.74) is 2.03. The van der Waals surface area contributed by atoms with Gasteiger partial charge in [0.2, 0.25) is 21.8 Å². The highest BCUT2D eigenvalue weighted by atomic mass is 32.2. The van der Waals surface area contributed by atoms with Gasteiger partial charge in [0, 0.05) is 18.7 Å². The highest BCUT2D eigenvalue weighted by Gasteiger charge is 2.31. The van der Waals surface area contributed by atoms with Crippen molar-refractivity contribution < 1.29 is 27.5 Å². The number of benzene rings is 2. The summed E-state index contributed by atoms with van der Waals surface area (Å²) in [4.78, 5) is 27.8. The minimum Gasteiger partial charge on any atom is -0.497 e. The lowest BCUT2D eigenvalue weighted by Gasteiger charge is -2.32. The Morgan fingerprint density at radius 1 is 1.03 bits per heavy atom. The zero-order valence-electron chi connectivity index (χ0n) is 21.4. The molecule has 0 aliphatic heterocycles. The molecule has 2 aromatic carbocycles. The van der Waals surface area contributed by atoms with Crippen LogP contribution in [0.3, 0.4) is 0 Å². The molecule has 0 heterocycles. The van der Waals surface area contributed by atoms with Gasteiger partial charge >= 0.3 is 0 Å². The molecule has 0 bridgehead atoms. The molecule has 0 fully saturated rings. The molecule has 0 aromatic heterocycles. The van der Waals surface area contributed by atoms with Crippen LogP contribution in [0.5, 0.6) is 11.5 Å². The van der Waals surface area contributed by atoms with Crippen LogP contribution in [0.2, 0.25) is 0 Å². The smallest absolute Gasteiger partial charge is 0.244 e. The van der Waals surface area contributed by atoms with E-state index < -0.39 is 28.5 Å². The number of carbonyl (C=O) groups excluding carboxylic acids is 2. The molecule has 2 rings (SSSR count). The molecule has 1 atom stereocenters. The first kappa shape index (κ1) is 28.0. The first-order valence-electron chi connectivity index (χ1n) is 11.2. The molecule has 0 aliphatic rings. The van der Waals surface area contributed by atoms with Gasteiger partial charge in [-0.05, 0) is 45.4 Å². The first-order valence-corrected chi connectivity index (χ1v) is 13.1. The van der Waals surface area contributed by atoms with Crippen molar-refractivity contribution in [3.8, 4) is 11.5 Å². The minimum atomic E-state index is -3.88. The average molecular weight is 506 g/mol. The van der Waals surface area contributed by atoms with E-state index in [2.05, 4.69) is 5.32 Å². The van der Waals surface area contributed by atoms with Crippen molar-refractivity contribution in [1.82, 2.24) is 10.2 Å². The van der Waals surface area contributed by atoms with E-state index in [4.69, 9.17) is 9.47 Å². The Bertz CT molecular complexity index is 1150. The van der Waals surface area contributed by atoms with Crippen molar-refractivity contribution in [2.75, 3.05) is 31.3 Å². The summed E-state index contributed by atoms with van der Waals surface area (Å²) in [5, 5.41) is 2.82. The maximum Gasteiger partial charge on any atom is 0.244 e. The molecule has 2 amide bonds. The van der Waals surface area contributed by atoms with Gasteiger partial charge in [0.15, 0.2) is 0 Å². The molecule has 0 spiro atoms. The molecule has 2 aromatic rings. The number of carbonyl (C=O) groups is 2. The Morgan fingerprint density at radius 2 is 1.71 bits per heavy atom. The number of amides is 2. The predicted molar refractivity (Wildman–Crippen MR) is 136 cm³/mol. The molecule has 0 saturated heterocycles. The topological polar surface area (TPSA) is 105 Å². The fraction of sp³-hybridized carbons (Fsp3) is 0.440. The first-order chi connectivity index (χ1) is 16.4. The summed E-state index contributed by atoms with van der Waals surface area (Å²) in [6.45, 7) is 6.87. The molecular weight excluding hydrogens is 470 g/mol. The second-order valence-corrected chi connectivity index (χ2v) is 10.6. The SMILES string of the molecule is COc1ccc(N(CC(=O)N(Cc2cccc(C)c2)C(C)C(=O)NC(C)C)S(C)(=O)=O)c(OC)c1. The van der Waals surface area contributed by atoms with Crippen LogP contribution in [0, 0.1) is 6.92 Å². The van der Waals surface area contributed by atoms with Crippen molar-refractivity contribution >= 4 is 27.5 Å². The molecule has 0 aliphatic carbocycles. The van der Waals surface area contributed by atoms with Gasteiger partial charge in [-0.25, -0.2) is 8.42 Å². The molecule has 10 heteroatoms. The molecule has 0 saturated carbocycles. The van der Waals surface area contributed by atoms with Gasteiger partial charge in [0.05, 0.1) is 26.2 Å². The van der Waals surface area contributed by atoms with Crippen molar-refractivity contribution in [3.05, 3.63) is 53.6 Å². The predicted octanol–water partition coefficient (Wildman–Crippen LogP) is 2.72. The minimum absolute atomic E-state index is 0.114. The van der Waals surface area contributed by atoms with E-state index in [9.17, 15) is 18.0 Å². The van der Waals surface area contributed by atoms with Crippen LogP contribution >= 0.6 is 0 Å². The van der Waals surface area contributed by atoms with Crippen LogP contribution in [0.15, 0.2) is 42.5 Å². The van der Waals surface area contributed by atoms with Crippen LogP contribution in [0.1, 0.15) is 31.9 Å². The van der Waals surface area contributed by atoms with E-state index in [1.54, 1.807) is 19.1 Å². The normalized spacial score (nSPS) is 12.1. The number of hydrogen-bond donors (Lipinski definition) is 1. The number of nitrogens with one attached hydrogen (secondary N) is 1. The lowest BCUT2D eigenvalue weighted by molar-refractivity contribution is -0.139. The zero-order chi connectivity index (χ0) is 26.3. The summed E-state index contributed by atoms with van der Waals surface area (Å²) in [6, 6.07) is 11.3. The monoisotopic (exact) mass is 505 g/mol. The van der Waals surface area contributed by atoms with Crippen LogP contribution in [0.4, 0.5) is 5.69 Å². The summed E-state index contributed by atoms with van der Waals surface area (Å²) >= 11 is 0. The summed E-state index contributed by atoms with van der Waals surface area (Å²) < 4.78 is 37.0.